The Bertz CT molecular complexity index is 507. The van der Waals surface area contributed by atoms with Gasteiger partial charge in [0.1, 0.15) is 0 Å². The average Bonchev–Trinajstić information content (AvgIpc) is 2.56. The third-order valence-electron chi connectivity index (χ3n) is 5.77. The Morgan fingerprint density at radius 2 is 1.96 bits per heavy atom. The molecule has 0 unspecified atom stereocenters. The third kappa shape index (κ3) is 4.47. The van der Waals surface area contributed by atoms with Crippen molar-refractivity contribution < 1.29 is 23.5 Å². The standard InChI is InChI=1S/C17H27F2N3O3/c18-17(19)6-4-11(5-7-17)16(25)21-12-2-1-3-13(15(12)24)22-9-8-20-14(23)10-22/h11-13,15,24H,1-10H2,(H,20,23)(H,21,25)/t12-,13-,15-/m1/s1. The Labute approximate surface area is 146 Å². The highest BCUT2D eigenvalue weighted by atomic mass is 19.3. The Morgan fingerprint density at radius 3 is 2.64 bits per heavy atom. The summed E-state index contributed by atoms with van der Waals surface area (Å²) in [6.45, 7) is 1.52. The summed E-state index contributed by atoms with van der Waals surface area (Å²) >= 11 is 0. The average molecular weight is 359 g/mol. The quantitative estimate of drug-likeness (QED) is 0.691. The molecule has 3 N–H and O–H groups in total. The van der Waals surface area contributed by atoms with Crippen LogP contribution in [0.15, 0.2) is 0 Å². The van der Waals surface area contributed by atoms with Gasteiger partial charge in [0.2, 0.25) is 17.7 Å². The zero-order valence-corrected chi connectivity index (χ0v) is 14.3. The van der Waals surface area contributed by atoms with Crippen LogP contribution in [-0.4, -0.2) is 65.6 Å². The van der Waals surface area contributed by atoms with Gasteiger partial charge < -0.3 is 15.7 Å². The van der Waals surface area contributed by atoms with Gasteiger partial charge in [-0.25, -0.2) is 8.78 Å². The molecule has 2 amide bonds. The first-order chi connectivity index (χ1) is 11.9. The molecule has 0 aromatic carbocycles. The second kappa shape index (κ2) is 7.53. The van der Waals surface area contributed by atoms with Crippen molar-refractivity contribution in [1.82, 2.24) is 15.5 Å². The fraction of sp³-hybridized carbons (Fsp3) is 0.882. The molecule has 1 aliphatic heterocycles. The lowest BCUT2D eigenvalue weighted by Crippen LogP contribution is -2.61. The lowest BCUT2D eigenvalue weighted by Gasteiger charge is -2.43. The fourth-order valence-corrected chi connectivity index (χ4v) is 4.26. The number of rotatable bonds is 3. The molecule has 6 nitrogen and oxygen atoms in total. The van der Waals surface area contributed by atoms with Gasteiger partial charge in [-0.3, -0.25) is 14.5 Å². The molecular formula is C17H27F2N3O3. The van der Waals surface area contributed by atoms with E-state index in [9.17, 15) is 23.5 Å². The lowest BCUT2D eigenvalue weighted by atomic mass is 9.84. The fourth-order valence-electron chi connectivity index (χ4n) is 4.26. The number of carbonyl (C=O) groups is 2. The second-order valence-corrected chi connectivity index (χ2v) is 7.55. The number of amides is 2. The first kappa shape index (κ1) is 18.5. The maximum absolute atomic E-state index is 13.2. The van der Waals surface area contributed by atoms with Gasteiger partial charge in [-0.15, -0.1) is 0 Å². The van der Waals surface area contributed by atoms with Gasteiger partial charge in [0.25, 0.3) is 0 Å². The summed E-state index contributed by atoms with van der Waals surface area (Å²) in [6, 6.07) is -0.528. The van der Waals surface area contributed by atoms with Gasteiger partial charge in [-0.2, -0.15) is 0 Å². The molecule has 8 heteroatoms. The molecule has 0 aromatic rings. The zero-order chi connectivity index (χ0) is 18.0. The number of aliphatic hydroxyl groups is 1. The van der Waals surface area contributed by atoms with Gasteiger partial charge in [-0.05, 0) is 32.1 Å². The van der Waals surface area contributed by atoms with Crippen LogP contribution in [0.5, 0.6) is 0 Å². The molecule has 0 radical (unpaired) electrons. The maximum atomic E-state index is 13.2. The minimum Gasteiger partial charge on any atom is -0.389 e. The number of carbonyl (C=O) groups excluding carboxylic acids is 2. The summed E-state index contributed by atoms with van der Waals surface area (Å²) in [5, 5.41) is 16.3. The van der Waals surface area contributed by atoms with Crippen molar-refractivity contribution in [3.8, 4) is 0 Å². The van der Waals surface area contributed by atoms with Gasteiger partial charge in [0.15, 0.2) is 0 Å². The van der Waals surface area contributed by atoms with E-state index >= 15 is 0 Å². The van der Waals surface area contributed by atoms with Gasteiger partial charge in [0.05, 0.1) is 18.7 Å². The van der Waals surface area contributed by atoms with Crippen LogP contribution in [0, 0.1) is 5.92 Å². The van der Waals surface area contributed by atoms with Crippen LogP contribution in [0.4, 0.5) is 8.78 Å². The normalized spacial score (nSPS) is 34.4. The first-order valence-corrected chi connectivity index (χ1v) is 9.23. The van der Waals surface area contributed by atoms with E-state index in [0.29, 0.717) is 19.5 Å². The van der Waals surface area contributed by atoms with E-state index in [1.807, 2.05) is 4.90 Å². The van der Waals surface area contributed by atoms with Crippen molar-refractivity contribution in [2.24, 2.45) is 5.92 Å². The van der Waals surface area contributed by atoms with Crippen LogP contribution < -0.4 is 10.6 Å². The van der Waals surface area contributed by atoms with Gasteiger partial charge in [-0.1, -0.05) is 0 Å². The topological polar surface area (TPSA) is 81.7 Å². The van der Waals surface area contributed by atoms with Gasteiger partial charge >= 0.3 is 0 Å². The van der Waals surface area contributed by atoms with E-state index in [4.69, 9.17) is 0 Å². The summed E-state index contributed by atoms with van der Waals surface area (Å²) in [5.41, 5.74) is 0. The number of piperazine rings is 1. The molecule has 0 spiro atoms. The second-order valence-electron chi connectivity index (χ2n) is 7.55. The number of nitrogens with zero attached hydrogens (tertiary/aromatic N) is 1. The number of hydrogen-bond donors (Lipinski definition) is 3. The van der Waals surface area contributed by atoms with E-state index in [1.54, 1.807) is 0 Å². The highest BCUT2D eigenvalue weighted by molar-refractivity contribution is 5.79. The molecule has 3 fully saturated rings. The number of hydrogen-bond acceptors (Lipinski definition) is 4. The zero-order valence-electron chi connectivity index (χ0n) is 14.3. The van der Waals surface area contributed by atoms with Crippen molar-refractivity contribution in [1.29, 1.82) is 0 Å². The minimum atomic E-state index is -2.65. The molecule has 25 heavy (non-hydrogen) atoms. The molecule has 2 saturated carbocycles. The van der Waals surface area contributed by atoms with Crippen LogP contribution in [0.1, 0.15) is 44.9 Å². The van der Waals surface area contributed by atoms with Crippen molar-refractivity contribution in [3.63, 3.8) is 0 Å². The smallest absolute Gasteiger partial charge is 0.248 e. The van der Waals surface area contributed by atoms with E-state index in [1.165, 1.54) is 0 Å². The first-order valence-electron chi connectivity index (χ1n) is 9.23. The molecule has 3 rings (SSSR count). The molecule has 1 saturated heterocycles. The molecule has 142 valence electrons. The van der Waals surface area contributed by atoms with Crippen molar-refractivity contribution in [2.75, 3.05) is 19.6 Å². The van der Waals surface area contributed by atoms with Crippen molar-refractivity contribution in [2.45, 2.75) is 69.1 Å². The molecular weight excluding hydrogens is 332 g/mol. The summed E-state index contributed by atoms with van der Waals surface area (Å²) in [5.74, 6) is -3.32. The van der Waals surface area contributed by atoms with Crippen LogP contribution in [0.25, 0.3) is 0 Å². The Kier molecular flexibility index (Phi) is 5.58. The SMILES string of the molecule is O=C1CN([C@@H]2CCC[C@@H](NC(=O)C3CCC(F)(F)CC3)[C@H]2O)CCN1. The number of halogens is 2. The van der Waals surface area contributed by atoms with Crippen LogP contribution in [0.2, 0.25) is 0 Å². The van der Waals surface area contributed by atoms with Crippen molar-refractivity contribution >= 4 is 11.8 Å². The summed E-state index contributed by atoms with van der Waals surface area (Å²) in [4.78, 5) is 26.0. The molecule has 0 aromatic heterocycles. The minimum absolute atomic E-state index is 0.0484. The van der Waals surface area contributed by atoms with E-state index in [2.05, 4.69) is 10.6 Å². The lowest BCUT2D eigenvalue weighted by molar-refractivity contribution is -0.133. The molecule has 3 aliphatic rings. The van der Waals surface area contributed by atoms with Crippen LogP contribution in [0.3, 0.4) is 0 Å². The predicted molar refractivity (Wildman–Crippen MR) is 87.1 cm³/mol. The molecule has 1 heterocycles. The molecule has 3 atom stereocenters. The van der Waals surface area contributed by atoms with E-state index in [-0.39, 0.29) is 56.1 Å². The van der Waals surface area contributed by atoms with Gasteiger partial charge in [0, 0.05) is 37.9 Å². The number of nitrogens with one attached hydrogen (secondary N) is 2. The highest BCUT2D eigenvalue weighted by Crippen LogP contribution is 2.36. The molecule has 2 aliphatic carbocycles. The Balaban J connectivity index is 1.55. The monoisotopic (exact) mass is 359 g/mol. The van der Waals surface area contributed by atoms with E-state index in [0.717, 1.165) is 12.8 Å². The van der Waals surface area contributed by atoms with E-state index < -0.39 is 17.9 Å². The number of aliphatic hydroxyl groups excluding tert-OH is 1. The van der Waals surface area contributed by atoms with Crippen LogP contribution in [-0.2, 0) is 9.59 Å². The Morgan fingerprint density at radius 1 is 1.24 bits per heavy atom. The Hall–Kier alpha value is -1.28. The largest absolute Gasteiger partial charge is 0.389 e. The van der Waals surface area contributed by atoms with Crippen LogP contribution >= 0.6 is 0 Å². The summed E-state index contributed by atoms with van der Waals surface area (Å²) in [6.07, 6.45) is 1.47. The number of alkyl halides is 2. The third-order valence-corrected chi connectivity index (χ3v) is 5.77. The summed E-state index contributed by atoms with van der Waals surface area (Å²) in [7, 11) is 0. The maximum Gasteiger partial charge on any atom is 0.248 e. The highest BCUT2D eigenvalue weighted by Gasteiger charge is 2.41. The summed E-state index contributed by atoms with van der Waals surface area (Å²) < 4.78 is 26.5. The molecule has 0 bridgehead atoms. The van der Waals surface area contributed by atoms with Crippen molar-refractivity contribution in [3.05, 3.63) is 0 Å². The predicted octanol–water partition coefficient (Wildman–Crippen LogP) is 0.642.